The fourth-order valence-corrected chi connectivity index (χ4v) is 1.97. The number of carbonyl (C=O) groups is 1. The SMILES string of the molecule is O=C(CCCl)N(c1ccc(F)cc1)c1ccc(F)cc1. The summed E-state index contributed by atoms with van der Waals surface area (Å²) in [5.41, 5.74) is 1.02. The first-order valence-electron chi connectivity index (χ1n) is 6.02. The standard InChI is InChI=1S/C15H12ClF2NO/c16-10-9-15(20)19(13-5-1-11(17)2-6-13)14-7-3-12(18)4-8-14/h1-8H,9-10H2. The molecule has 0 aliphatic carbocycles. The van der Waals surface area contributed by atoms with Crippen LogP contribution in [0.25, 0.3) is 0 Å². The van der Waals surface area contributed by atoms with Gasteiger partial charge in [0.2, 0.25) is 5.91 Å². The molecule has 104 valence electrons. The first-order valence-corrected chi connectivity index (χ1v) is 6.55. The molecule has 1 amide bonds. The predicted octanol–water partition coefficient (Wildman–Crippen LogP) is 4.26. The highest BCUT2D eigenvalue weighted by Gasteiger charge is 2.17. The molecular formula is C15H12ClF2NO. The van der Waals surface area contributed by atoms with Crippen molar-refractivity contribution in [3.8, 4) is 0 Å². The van der Waals surface area contributed by atoms with Crippen LogP contribution in [0, 0.1) is 11.6 Å². The van der Waals surface area contributed by atoms with Crippen LogP contribution in [-0.2, 0) is 4.79 Å². The monoisotopic (exact) mass is 295 g/mol. The van der Waals surface area contributed by atoms with E-state index in [0.29, 0.717) is 11.4 Å². The molecule has 0 bridgehead atoms. The van der Waals surface area contributed by atoms with Crippen molar-refractivity contribution in [2.75, 3.05) is 10.8 Å². The molecule has 2 aromatic rings. The lowest BCUT2D eigenvalue weighted by Gasteiger charge is -2.22. The molecule has 0 atom stereocenters. The topological polar surface area (TPSA) is 20.3 Å². The average Bonchev–Trinajstić information content (AvgIpc) is 2.44. The highest BCUT2D eigenvalue weighted by atomic mass is 35.5. The van der Waals surface area contributed by atoms with Crippen LogP contribution >= 0.6 is 11.6 Å². The zero-order valence-corrected chi connectivity index (χ0v) is 11.3. The highest BCUT2D eigenvalue weighted by molar-refractivity contribution is 6.19. The lowest BCUT2D eigenvalue weighted by molar-refractivity contribution is -0.117. The third kappa shape index (κ3) is 3.33. The number of carbonyl (C=O) groups excluding carboxylic acids is 1. The van der Waals surface area contributed by atoms with E-state index in [-0.39, 0.29) is 18.2 Å². The molecule has 0 heterocycles. The number of anilines is 2. The summed E-state index contributed by atoms with van der Waals surface area (Å²) < 4.78 is 26.0. The number of benzene rings is 2. The van der Waals surface area contributed by atoms with Gasteiger partial charge in [0, 0.05) is 23.7 Å². The van der Waals surface area contributed by atoms with Gasteiger partial charge in [0.15, 0.2) is 0 Å². The van der Waals surface area contributed by atoms with E-state index in [0.717, 1.165) is 0 Å². The van der Waals surface area contributed by atoms with Gasteiger partial charge in [-0.25, -0.2) is 8.78 Å². The zero-order valence-electron chi connectivity index (χ0n) is 10.5. The van der Waals surface area contributed by atoms with Gasteiger partial charge in [-0.3, -0.25) is 9.69 Å². The van der Waals surface area contributed by atoms with Crippen molar-refractivity contribution in [1.29, 1.82) is 0 Å². The van der Waals surface area contributed by atoms with Gasteiger partial charge in [-0.1, -0.05) is 0 Å². The Kier molecular flexibility index (Phi) is 4.69. The highest BCUT2D eigenvalue weighted by Crippen LogP contribution is 2.26. The molecule has 20 heavy (non-hydrogen) atoms. The molecule has 0 aliphatic heterocycles. The first kappa shape index (κ1) is 14.5. The van der Waals surface area contributed by atoms with Crippen LogP contribution in [0.3, 0.4) is 0 Å². The summed E-state index contributed by atoms with van der Waals surface area (Å²) in [4.78, 5) is 13.6. The molecule has 0 aliphatic rings. The summed E-state index contributed by atoms with van der Waals surface area (Å²) in [6.07, 6.45) is 0.135. The quantitative estimate of drug-likeness (QED) is 0.772. The molecule has 5 heteroatoms. The lowest BCUT2D eigenvalue weighted by Crippen LogP contribution is -2.26. The summed E-state index contributed by atoms with van der Waals surface area (Å²) in [6.45, 7) is 0. The van der Waals surface area contributed by atoms with Gasteiger partial charge in [-0.2, -0.15) is 0 Å². The Morgan fingerprint density at radius 1 is 0.900 bits per heavy atom. The Balaban J connectivity index is 2.41. The zero-order chi connectivity index (χ0) is 14.5. The number of hydrogen-bond donors (Lipinski definition) is 0. The maximum atomic E-state index is 13.0. The smallest absolute Gasteiger partial charge is 0.232 e. The van der Waals surface area contributed by atoms with Crippen LogP contribution in [0.5, 0.6) is 0 Å². The minimum Gasteiger partial charge on any atom is -0.281 e. The molecule has 0 spiro atoms. The van der Waals surface area contributed by atoms with Gasteiger partial charge in [0.1, 0.15) is 11.6 Å². The van der Waals surface area contributed by atoms with Crippen molar-refractivity contribution < 1.29 is 13.6 Å². The van der Waals surface area contributed by atoms with Crippen molar-refractivity contribution >= 4 is 28.9 Å². The Morgan fingerprint density at radius 3 is 1.65 bits per heavy atom. The third-order valence-corrected chi connectivity index (χ3v) is 2.92. The minimum atomic E-state index is -0.391. The molecule has 0 saturated heterocycles. The minimum absolute atomic E-state index is 0.135. The molecule has 2 nitrogen and oxygen atoms in total. The van der Waals surface area contributed by atoms with Gasteiger partial charge < -0.3 is 0 Å². The molecule has 0 N–H and O–H groups in total. The molecular weight excluding hydrogens is 284 g/mol. The van der Waals surface area contributed by atoms with E-state index in [4.69, 9.17) is 11.6 Å². The van der Waals surface area contributed by atoms with Crippen molar-refractivity contribution in [2.45, 2.75) is 6.42 Å². The summed E-state index contributed by atoms with van der Waals surface area (Å²) >= 11 is 5.60. The fraction of sp³-hybridized carbons (Fsp3) is 0.133. The number of alkyl halides is 1. The van der Waals surface area contributed by atoms with Crippen LogP contribution in [0.4, 0.5) is 20.2 Å². The van der Waals surface area contributed by atoms with Gasteiger partial charge in [-0.15, -0.1) is 11.6 Å². The maximum absolute atomic E-state index is 13.0. The van der Waals surface area contributed by atoms with Gasteiger partial charge >= 0.3 is 0 Å². The van der Waals surface area contributed by atoms with E-state index >= 15 is 0 Å². The van der Waals surface area contributed by atoms with Crippen LogP contribution in [0.1, 0.15) is 6.42 Å². The van der Waals surface area contributed by atoms with Crippen LogP contribution in [-0.4, -0.2) is 11.8 Å². The van der Waals surface area contributed by atoms with Crippen molar-refractivity contribution in [3.63, 3.8) is 0 Å². The predicted molar refractivity (Wildman–Crippen MR) is 75.3 cm³/mol. The van der Waals surface area contributed by atoms with Gasteiger partial charge in [0.05, 0.1) is 0 Å². The Bertz CT molecular complexity index is 538. The van der Waals surface area contributed by atoms with Crippen LogP contribution < -0.4 is 4.90 Å². The summed E-state index contributed by atoms with van der Waals surface area (Å²) in [5.74, 6) is -0.842. The molecule has 0 saturated carbocycles. The van der Waals surface area contributed by atoms with Crippen LogP contribution in [0.2, 0.25) is 0 Å². The average molecular weight is 296 g/mol. The molecule has 0 radical (unpaired) electrons. The van der Waals surface area contributed by atoms with E-state index in [1.807, 2.05) is 0 Å². The molecule has 2 aromatic carbocycles. The largest absolute Gasteiger partial charge is 0.281 e. The van der Waals surface area contributed by atoms with Crippen molar-refractivity contribution in [1.82, 2.24) is 0 Å². The first-order chi connectivity index (χ1) is 9.61. The third-order valence-electron chi connectivity index (χ3n) is 2.73. The van der Waals surface area contributed by atoms with E-state index in [1.54, 1.807) is 0 Å². The molecule has 2 rings (SSSR count). The van der Waals surface area contributed by atoms with E-state index in [2.05, 4.69) is 0 Å². The Hall–Kier alpha value is -1.94. The summed E-state index contributed by atoms with van der Waals surface area (Å²) in [6, 6.07) is 11.0. The second-order valence-electron chi connectivity index (χ2n) is 4.12. The van der Waals surface area contributed by atoms with E-state index in [9.17, 15) is 13.6 Å². The summed E-state index contributed by atoms with van der Waals surface area (Å²) in [5, 5.41) is 0. The number of amides is 1. The Morgan fingerprint density at radius 2 is 1.30 bits per heavy atom. The number of rotatable bonds is 4. The normalized spacial score (nSPS) is 10.3. The summed E-state index contributed by atoms with van der Waals surface area (Å²) in [7, 11) is 0. The van der Waals surface area contributed by atoms with Crippen molar-refractivity contribution in [2.24, 2.45) is 0 Å². The number of hydrogen-bond acceptors (Lipinski definition) is 1. The van der Waals surface area contributed by atoms with Gasteiger partial charge in [0.25, 0.3) is 0 Å². The molecule has 0 aromatic heterocycles. The maximum Gasteiger partial charge on any atom is 0.232 e. The fourth-order valence-electron chi connectivity index (χ4n) is 1.81. The second-order valence-corrected chi connectivity index (χ2v) is 4.50. The van der Waals surface area contributed by atoms with Crippen molar-refractivity contribution in [3.05, 3.63) is 60.2 Å². The molecule has 0 fully saturated rings. The number of halogens is 3. The lowest BCUT2D eigenvalue weighted by atomic mass is 10.2. The van der Waals surface area contributed by atoms with E-state index in [1.165, 1.54) is 53.4 Å². The van der Waals surface area contributed by atoms with Crippen LogP contribution in [0.15, 0.2) is 48.5 Å². The van der Waals surface area contributed by atoms with Gasteiger partial charge in [-0.05, 0) is 48.5 Å². The second kappa shape index (κ2) is 6.48. The Labute approximate surface area is 120 Å². The van der Waals surface area contributed by atoms with E-state index < -0.39 is 11.6 Å². The molecule has 0 unspecified atom stereocenters. The number of nitrogens with zero attached hydrogens (tertiary/aromatic N) is 1.